The second-order valence-electron chi connectivity index (χ2n) is 5.01. The van der Waals surface area contributed by atoms with E-state index >= 15 is 0 Å². The Kier molecular flexibility index (Phi) is 4.90. The van der Waals surface area contributed by atoms with Crippen LogP contribution in [-0.4, -0.2) is 51.7 Å². The van der Waals surface area contributed by atoms with Crippen molar-refractivity contribution in [1.82, 2.24) is 9.88 Å². The Hall–Kier alpha value is -0.980. The lowest BCUT2D eigenvalue weighted by Gasteiger charge is -2.35. The topological polar surface area (TPSA) is 68.5 Å². The molecule has 0 aliphatic carbocycles. The Labute approximate surface area is 116 Å². The molecule has 0 saturated carbocycles. The third kappa shape index (κ3) is 3.75. The summed E-state index contributed by atoms with van der Waals surface area (Å²) in [5.74, 6) is 0.484. The second kappa shape index (κ2) is 6.45. The van der Waals surface area contributed by atoms with Gasteiger partial charge in [-0.05, 0) is 19.9 Å². The highest BCUT2D eigenvalue weighted by molar-refractivity contribution is 7.85. The molecule has 19 heavy (non-hydrogen) atoms. The SMILES string of the molecule is CC(C)N1CCOC(CS(=O)c2ccncc2N)C1. The van der Waals surface area contributed by atoms with Crippen molar-refractivity contribution >= 4 is 16.5 Å². The number of nitrogens with two attached hydrogens (primary N) is 1. The summed E-state index contributed by atoms with van der Waals surface area (Å²) in [6, 6.07) is 2.21. The van der Waals surface area contributed by atoms with Gasteiger partial charge in [-0.1, -0.05) is 0 Å². The van der Waals surface area contributed by atoms with E-state index in [2.05, 4.69) is 23.7 Å². The highest BCUT2D eigenvalue weighted by atomic mass is 32.2. The lowest BCUT2D eigenvalue weighted by Crippen LogP contribution is -2.47. The molecule has 1 aromatic rings. The van der Waals surface area contributed by atoms with Gasteiger partial charge in [0.2, 0.25) is 0 Å². The molecule has 0 amide bonds. The van der Waals surface area contributed by atoms with E-state index in [0.29, 0.717) is 29.0 Å². The van der Waals surface area contributed by atoms with E-state index in [0.717, 1.165) is 13.1 Å². The molecule has 1 aromatic heterocycles. The summed E-state index contributed by atoms with van der Waals surface area (Å²) in [6.07, 6.45) is 3.16. The van der Waals surface area contributed by atoms with E-state index in [9.17, 15) is 4.21 Å². The number of aromatic nitrogens is 1. The molecule has 1 saturated heterocycles. The Morgan fingerprint density at radius 1 is 1.63 bits per heavy atom. The normalized spacial score (nSPS) is 22.6. The lowest BCUT2D eigenvalue weighted by atomic mass is 10.2. The van der Waals surface area contributed by atoms with Crippen LogP contribution in [0.1, 0.15) is 13.8 Å². The van der Waals surface area contributed by atoms with Crippen LogP contribution in [0.5, 0.6) is 0 Å². The predicted molar refractivity (Wildman–Crippen MR) is 76.4 cm³/mol. The van der Waals surface area contributed by atoms with Crippen LogP contribution in [0.25, 0.3) is 0 Å². The molecule has 0 radical (unpaired) electrons. The average molecular weight is 283 g/mol. The van der Waals surface area contributed by atoms with Crippen LogP contribution in [0.15, 0.2) is 23.4 Å². The van der Waals surface area contributed by atoms with Gasteiger partial charge in [0.25, 0.3) is 0 Å². The molecule has 106 valence electrons. The predicted octanol–water partition coefficient (Wildman–Crippen LogP) is 0.881. The summed E-state index contributed by atoms with van der Waals surface area (Å²) in [5, 5.41) is 0. The molecule has 6 heteroatoms. The first-order valence-electron chi connectivity index (χ1n) is 6.51. The summed E-state index contributed by atoms with van der Waals surface area (Å²) >= 11 is 0. The second-order valence-corrected chi connectivity index (χ2v) is 6.47. The molecule has 0 aromatic carbocycles. The zero-order valence-electron chi connectivity index (χ0n) is 11.4. The van der Waals surface area contributed by atoms with E-state index in [1.165, 1.54) is 6.20 Å². The van der Waals surface area contributed by atoms with Crippen LogP contribution in [-0.2, 0) is 15.5 Å². The van der Waals surface area contributed by atoms with Gasteiger partial charge < -0.3 is 10.5 Å². The maximum Gasteiger partial charge on any atom is 0.0821 e. The van der Waals surface area contributed by atoms with Crippen LogP contribution in [0.4, 0.5) is 5.69 Å². The third-order valence-corrected chi connectivity index (χ3v) is 4.83. The molecule has 5 nitrogen and oxygen atoms in total. The van der Waals surface area contributed by atoms with Gasteiger partial charge in [-0.3, -0.25) is 14.1 Å². The fraction of sp³-hybridized carbons (Fsp3) is 0.615. The molecular formula is C13H21N3O2S. The average Bonchev–Trinajstić information content (AvgIpc) is 2.39. The van der Waals surface area contributed by atoms with Crippen LogP contribution in [0, 0.1) is 0 Å². The van der Waals surface area contributed by atoms with E-state index in [1.54, 1.807) is 12.3 Å². The van der Waals surface area contributed by atoms with Gasteiger partial charge in [0, 0.05) is 25.3 Å². The van der Waals surface area contributed by atoms with Crippen LogP contribution >= 0.6 is 0 Å². The number of hydrogen-bond acceptors (Lipinski definition) is 5. The van der Waals surface area contributed by atoms with Crippen LogP contribution in [0.2, 0.25) is 0 Å². The molecule has 2 atom stereocenters. The molecular weight excluding hydrogens is 262 g/mol. The summed E-state index contributed by atoms with van der Waals surface area (Å²) in [6.45, 7) is 6.80. The van der Waals surface area contributed by atoms with Gasteiger partial charge in [-0.2, -0.15) is 0 Å². The third-order valence-electron chi connectivity index (χ3n) is 3.29. The van der Waals surface area contributed by atoms with Crippen molar-refractivity contribution in [2.24, 2.45) is 0 Å². The number of nitrogens with zero attached hydrogens (tertiary/aromatic N) is 2. The molecule has 2 N–H and O–H groups in total. The molecule has 0 bridgehead atoms. The zero-order valence-corrected chi connectivity index (χ0v) is 12.2. The highest BCUT2D eigenvalue weighted by Gasteiger charge is 2.24. The van der Waals surface area contributed by atoms with Gasteiger partial charge >= 0.3 is 0 Å². The summed E-state index contributed by atoms with van der Waals surface area (Å²) in [7, 11) is -1.14. The largest absolute Gasteiger partial charge is 0.396 e. The van der Waals surface area contributed by atoms with Crippen molar-refractivity contribution in [2.45, 2.75) is 30.9 Å². The minimum absolute atomic E-state index is 0.00421. The first kappa shape index (κ1) is 14.4. The van der Waals surface area contributed by atoms with Gasteiger partial charge in [0.05, 0.1) is 46.0 Å². The fourth-order valence-electron chi connectivity index (χ4n) is 2.17. The molecule has 2 heterocycles. The van der Waals surface area contributed by atoms with Crippen molar-refractivity contribution < 1.29 is 8.95 Å². The van der Waals surface area contributed by atoms with E-state index in [-0.39, 0.29) is 6.10 Å². The Morgan fingerprint density at radius 3 is 3.11 bits per heavy atom. The van der Waals surface area contributed by atoms with Crippen molar-refractivity contribution in [3.8, 4) is 0 Å². The van der Waals surface area contributed by atoms with Crippen molar-refractivity contribution in [1.29, 1.82) is 0 Å². The lowest BCUT2D eigenvalue weighted by molar-refractivity contribution is -0.0268. The Morgan fingerprint density at radius 2 is 2.42 bits per heavy atom. The first-order valence-corrected chi connectivity index (χ1v) is 7.83. The minimum atomic E-state index is -1.14. The summed E-state index contributed by atoms with van der Waals surface area (Å²) < 4.78 is 18.0. The fourth-order valence-corrected chi connectivity index (χ4v) is 3.42. The quantitative estimate of drug-likeness (QED) is 0.888. The number of nitrogen functional groups attached to an aromatic ring is 1. The monoisotopic (exact) mass is 283 g/mol. The van der Waals surface area contributed by atoms with Gasteiger partial charge in [-0.15, -0.1) is 0 Å². The van der Waals surface area contributed by atoms with E-state index in [4.69, 9.17) is 10.5 Å². The maximum absolute atomic E-state index is 12.3. The van der Waals surface area contributed by atoms with Crippen molar-refractivity contribution in [2.75, 3.05) is 31.2 Å². The molecule has 1 aliphatic heterocycles. The molecule has 2 rings (SSSR count). The Bertz CT molecular complexity index is 453. The number of rotatable bonds is 4. The number of morpholine rings is 1. The molecule has 2 unspecified atom stereocenters. The number of ether oxygens (including phenoxy) is 1. The standard InChI is InChI=1S/C13H21N3O2S/c1-10(2)16-5-6-18-11(8-16)9-19(17)13-3-4-15-7-12(13)14/h3-4,7,10-11H,5-6,8-9,14H2,1-2H3. The summed E-state index contributed by atoms with van der Waals surface area (Å²) in [4.78, 5) is 6.91. The van der Waals surface area contributed by atoms with E-state index < -0.39 is 10.8 Å². The molecule has 1 aliphatic rings. The van der Waals surface area contributed by atoms with Crippen molar-refractivity contribution in [3.63, 3.8) is 0 Å². The maximum atomic E-state index is 12.3. The number of hydrogen-bond donors (Lipinski definition) is 1. The summed E-state index contributed by atoms with van der Waals surface area (Å²) in [5.41, 5.74) is 6.28. The molecule has 0 spiro atoms. The van der Waals surface area contributed by atoms with E-state index in [1.807, 2.05) is 0 Å². The molecule has 1 fully saturated rings. The zero-order chi connectivity index (χ0) is 13.8. The highest BCUT2D eigenvalue weighted by Crippen LogP contribution is 2.17. The Balaban J connectivity index is 1.97. The first-order chi connectivity index (χ1) is 9.08. The van der Waals surface area contributed by atoms with Gasteiger partial charge in [-0.25, -0.2) is 0 Å². The van der Waals surface area contributed by atoms with Crippen molar-refractivity contribution in [3.05, 3.63) is 18.5 Å². The minimum Gasteiger partial charge on any atom is -0.396 e. The number of pyridine rings is 1. The van der Waals surface area contributed by atoms with Crippen LogP contribution < -0.4 is 5.73 Å². The van der Waals surface area contributed by atoms with Gasteiger partial charge in [0.1, 0.15) is 0 Å². The number of anilines is 1. The van der Waals surface area contributed by atoms with Crippen LogP contribution in [0.3, 0.4) is 0 Å². The smallest absolute Gasteiger partial charge is 0.0821 e. The van der Waals surface area contributed by atoms with Gasteiger partial charge in [0.15, 0.2) is 0 Å².